The molecule has 1 saturated heterocycles. The molecule has 1 unspecified atom stereocenters. The lowest BCUT2D eigenvalue weighted by atomic mass is 10.1. The number of hydrogen-bond acceptors (Lipinski definition) is 2. The summed E-state index contributed by atoms with van der Waals surface area (Å²) < 4.78 is 0. The Bertz CT molecular complexity index is 346. The second kappa shape index (κ2) is 4.21. The van der Waals surface area contributed by atoms with E-state index in [2.05, 4.69) is 36.7 Å². The average Bonchev–Trinajstić information content (AvgIpc) is 2.65. The van der Waals surface area contributed by atoms with Gasteiger partial charge in [0, 0.05) is 19.3 Å². The molecule has 0 N–H and O–H groups in total. The molecule has 0 aliphatic carbocycles. The third-order valence-corrected chi connectivity index (χ3v) is 3.33. The molecule has 2 heteroatoms. The van der Waals surface area contributed by atoms with Crippen LogP contribution in [-0.4, -0.2) is 18.1 Å². The van der Waals surface area contributed by atoms with E-state index in [0.717, 1.165) is 24.7 Å². The quantitative estimate of drug-likeness (QED) is 0.736. The summed E-state index contributed by atoms with van der Waals surface area (Å²) in [6.07, 6.45) is 4.42. The normalized spacial score (nSPS) is 21.0. The molecule has 0 spiro atoms. The summed E-state index contributed by atoms with van der Waals surface area (Å²) in [6.45, 7) is 9.01. The number of aryl methyl sites for hydroxylation is 2. The first-order valence-corrected chi connectivity index (χ1v) is 5.91. The van der Waals surface area contributed by atoms with Gasteiger partial charge in [-0.25, -0.2) is 4.98 Å². The monoisotopic (exact) mass is 204 g/mol. The number of anilines is 1. The van der Waals surface area contributed by atoms with Crippen molar-refractivity contribution in [3.05, 3.63) is 23.4 Å². The highest BCUT2D eigenvalue weighted by Gasteiger charge is 2.19. The highest BCUT2D eigenvalue weighted by Crippen LogP contribution is 2.23. The molecular weight excluding hydrogens is 184 g/mol. The van der Waals surface area contributed by atoms with Gasteiger partial charge in [-0.2, -0.15) is 0 Å². The van der Waals surface area contributed by atoms with Crippen LogP contribution in [0.3, 0.4) is 0 Å². The van der Waals surface area contributed by atoms with Crippen LogP contribution in [0.4, 0.5) is 5.82 Å². The largest absolute Gasteiger partial charge is 0.356 e. The SMILES string of the molecule is CCc1cnc(N2CCC(C)C2)cc1C. The number of aromatic nitrogens is 1. The zero-order chi connectivity index (χ0) is 10.8. The Hall–Kier alpha value is -1.05. The molecule has 82 valence electrons. The van der Waals surface area contributed by atoms with E-state index < -0.39 is 0 Å². The van der Waals surface area contributed by atoms with Crippen LogP contribution in [-0.2, 0) is 6.42 Å². The van der Waals surface area contributed by atoms with Crippen LogP contribution in [0.25, 0.3) is 0 Å². The second-order valence-corrected chi connectivity index (χ2v) is 4.66. The topological polar surface area (TPSA) is 16.1 Å². The van der Waals surface area contributed by atoms with Crippen LogP contribution in [0.1, 0.15) is 31.4 Å². The molecule has 2 nitrogen and oxygen atoms in total. The Labute approximate surface area is 92.3 Å². The average molecular weight is 204 g/mol. The third kappa shape index (κ3) is 2.14. The molecule has 0 bridgehead atoms. The van der Waals surface area contributed by atoms with E-state index >= 15 is 0 Å². The molecule has 1 aromatic heterocycles. The Morgan fingerprint density at radius 1 is 1.53 bits per heavy atom. The number of nitrogens with zero attached hydrogens (tertiary/aromatic N) is 2. The standard InChI is InChI=1S/C13H20N2/c1-4-12-8-14-13(7-11(12)3)15-6-5-10(2)9-15/h7-8,10H,4-6,9H2,1-3H3. The van der Waals surface area contributed by atoms with Gasteiger partial charge in [0.25, 0.3) is 0 Å². The Balaban J connectivity index is 2.19. The van der Waals surface area contributed by atoms with Crippen molar-refractivity contribution in [1.29, 1.82) is 0 Å². The van der Waals surface area contributed by atoms with Crippen molar-refractivity contribution in [3.63, 3.8) is 0 Å². The summed E-state index contributed by atoms with van der Waals surface area (Å²) in [7, 11) is 0. The van der Waals surface area contributed by atoms with E-state index in [1.165, 1.54) is 24.1 Å². The molecule has 0 amide bonds. The van der Waals surface area contributed by atoms with Gasteiger partial charge < -0.3 is 4.90 Å². The first-order chi connectivity index (χ1) is 7.20. The van der Waals surface area contributed by atoms with Crippen molar-refractivity contribution >= 4 is 5.82 Å². The highest BCUT2D eigenvalue weighted by atomic mass is 15.2. The van der Waals surface area contributed by atoms with Crippen molar-refractivity contribution in [1.82, 2.24) is 4.98 Å². The van der Waals surface area contributed by atoms with Crippen LogP contribution in [0, 0.1) is 12.8 Å². The summed E-state index contributed by atoms with van der Waals surface area (Å²) in [5, 5.41) is 0. The van der Waals surface area contributed by atoms with Crippen molar-refractivity contribution in [3.8, 4) is 0 Å². The van der Waals surface area contributed by atoms with Crippen molar-refractivity contribution < 1.29 is 0 Å². The molecular formula is C13H20N2. The van der Waals surface area contributed by atoms with Gasteiger partial charge in [0.15, 0.2) is 0 Å². The third-order valence-electron chi connectivity index (χ3n) is 3.33. The highest BCUT2D eigenvalue weighted by molar-refractivity contribution is 5.44. The molecule has 1 aliphatic rings. The van der Waals surface area contributed by atoms with Crippen LogP contribution in [0.2, 0.25) is 0 Å². The zero-order valence-electron chi connectivity index (χ0n) is 9.95. The lowest BCUT2D eigenvalue weighted by Gasteiger charge is -2.18. The van der Waals surface area contributed by atoms with Gasteiger partial charge in [0.2, 0.25) is 0 Å². The number of pyridine rings is 1. The summed E-state index contributed by atoms with van der Waals surface area (Å²) in [6, 6.07) is 2.23. The molecule has 0 radical (unpaired) electrons. The first-order valence-electron chi connectivity index (χ1n) is 5.91. The fourth-order valence-corrected chi connectivity index (χ4v) is 2.26. The summed E-state index contributed by atoms with van der Waals surface area (Å²) in [5.41, 5.74) is 2.74. The van der Waals surface area contributed by atoms with Crippen molar-refractivity contribution in [2.75, 3.05) is 18.0 Å². The van der Waals surface area contributed by atoms with E-state index in [-0.39, 0.29) is 0 Å². The molecule has 2 heterocycles. The maximum Gasteiger partial charge on any atom is 0.128 e. The maximum atomic E-state index is 4.55. The summed E-state index contributed by atoms with van der Waals surface area (Å²) in [5.74, 6) is 1.98. The predicted octanol–water partition coefficient (Wildman–Crippen LogP) is 2.80. The van der Waals surface area contributed by atoms with E-state index in [0.29, 0.717) is 0 Å². The Kier molecular flexibility index (Phi) is 2.94. The molecule has 0 saturated carbocycles. The minimum atomic E-state index is 0.818. The van der Waals surface area contributed by atoms with Crippen molar-refractivity contribution in [2.24, 2.45) is 5.92 Å². The van der Waals surface area contributed by atoms with Gasteiger partial charge in [-0.3, -0.25) is 0 Å². The smallest absolute Gasteiger partial charge is 0.128 e. The minimum Gasteiger partial charge on any atom is -0.356 e. The van der Waals surface area contributed by atoms with E-state index in [9.17, 15) is 0 Å². The maximum absolute atomic E-state index is 4.55. The predicted molar refractivity (Wildman–Crippen MR) is 64.3 cm³/mol. The number of hydrogen-bond donors (Lipinski definition) is 0. The van der Waals surface area contributed by atoms with E-state index in [1.54, 1.807) is 0 Å². The summed E-state index contributed by atoms with van der Waals surface area (Å²) in [4.78, 5) is 6.95. The van der Waals surface area contributed by atoms with E-state index in [4.69, 9.17) is 0 Å². The number of rotatable bonds is 2. The van der Waals surface area contributed by atoms with E-state index in [1.807, 2.05) is 6.20 Å². The molecule has 1 aromatic rings. The first kappa shape index (κ1) is 10.5. The van der Waals surface area contributed by atoms with Gasteiger partial charge in [-0.15, -0.1) is 0 Å². The van der Waals surface area contributed by atoms with Crippen LogP contribution in [0.5, 0.6) is 0 Å². The fourth-order valence-electron chi connectivity index (χ4n) is 2.26. The van der Waals surface area contributed by atoms with Gasteiger partial charge in [0.05, 0.1) is 0 Å². The molecule has 1 fully saturated rings. The fraction of sp³-hybridized carbons (Fsp3) is 0.615. The lowest BCUT2D eigenvalue weighted by Crippen LogP contribution is -2.20. The zero-order valence-corrected chi connectivity index (χ0v) is 9.95. The van der Waals surface area contributed by atoms with Crippen LogP contribution < -0.4 is 4.90 Å². The Morgan fingerprint density at radius 2 is 2.33 bits per heavy atom. The molecule has 1 aliphatic heterocycles. The van der Waals surface area contributed by atoms with Gasteiger partial charge in [-0.05, 0) is 42.9 Å². The van der Waals surface area contributed by atoms with Gasteiger partial charge >= 0.3 is 0 Å². The van der Waals surface area contributed by atoms with Gasteiger partial charge in [0.1, 0.15) is 5.82 Å². The molecule has 2 rings (SSSR count). The van der Waals surface area contributed by atoms with Crippen molar-refractivity contribution in [2.45, 2.75) is 33.6 Å². The second-order valence-electron chi connectivity index (χ2n) is 4.66. The van der Waals surface area contributed by atoms with Crippen LogP contribution >= 0.6 is 0 Å². The minimum absolute atomic E-state index is 0.818. The van der Waals surface area contributed by atoms with Gasteiger partial charge in [-0.1, -0.05) is 13.8 Å². The van der Waals surface area contributed by atoms with Crippen LogP contribution in [0.15, 0.2) is 12.3 Å². The molecule has 1 atom stereocenters. The Morgan fingerprint density at radius 3 is 2.87 bits per heavy atom. The summed E-state index contributed by atoms with van der Waals surface area (Å²) >= 11 is 0. The molecule has 15 heavy (non-hydrogen) atoms. The molecule has 0 aromatic carbocycles. The lowest BCUT2D eigenvalue weighted by molar-refractivity contribution is 0.659.